The summed E-state index contributed by atoms with van der Waals surface area (Å²) in [5, 5.41) is 11.8. The van der Waals surface area contributed by atoms with Gasteiger partial charge in [0.05, 0.1) is 18.4 Å². The minimum absolute atomic E-state index is 0.207. The molecule has 1 heterocycles. The number of rotatable bonds is 5. The maximum absolute atomic E-state index is 12.4. The Morgan fingerprint density at radius 3 is 2.52 bits per heavy atom. The van der Waals surface area contributed by atoms with Gasteiger partial charge in [-0.05, 0) is 49.9 Å². The summed E-state index contributed by atoms with van der Waals surface area (Å²) in [6.45, 7) is 4.51. The molecule has 0 unspecified atom stereocenters. The van der Waals surface area contributed by atoms with Crippen molar-refractivity contribution in [1.82, 2.24) is 0 Å². The van der Waals surface area contributed by atoms with Crippen LogP contribution in [0.3, 0.4) is 0 Å². The highest BCUT2D eigenvalue weighted by Gasteiger charge is 2.33. The molecule has 1 aromatic rings. The molecule has 1 amide bonds. The highest BCUT2D eigenvalue weighted by Crippen LogP contribution is 2.25. The Hall–Kier alpha value is -1.88. The largest absolute Gasteiger partial charge is 0.481 e. The fourth-order valence-electron chi connectivity index (χ4n) is 2.78. The van der Waals surface area contributed by atoms with E-state index in [-0.39, 0.29) is 18.4 Å². The van der Waals surface area contributed by atoms with Crippen molar-refractivity contribution in [2.75, 3.05) is 11.9 Å². The fraction of sp³-hybridized carbons (Fsp3) is 0.500. The molecular formula is C16H21NO4. The summed E-state index contributed by atoms with van der Waals surface area (Å²) in [4.78, 5) is 23.4. The quantitative estimate of drug-likeness (QED) is 0.874. The number of aliphatic carboxylic acids is 1. The minimum atomic E-state index is -0.980. The number of amides is 1. The first kappa shape index (κ1) is 15.5. The van der Waals surface area contributed by atoms with E-state index in [4.69, 9.17) is 9.84 Å². The molecule has 114 valence electrons. The summed E-state index contributed by atoms with van der Waals surface area (Å²) in [6.07, 6.45) is 1.10. The van der Waals surface area contributed by atoms with Gasteiger partial charge in [0.25, 0.3) is 0 Å². The minimum Gasteiger partial charge on any atom is -0.481 e. The van der Waals surface area contributed by atoms with E-state index in [1.165, 1.54) is 0 Å². The zero-order chi connectivity index (χ0) is 15.4. The number of carbonyl (C=O) groups excluding carboxylic acids is 1. The Labute approximate surface area is 124 Å². The van der Waals surface area contributed by atoms with Crippen molar-refractivity contribution < 1.29 is 19.4 Å². The van der Waals surface area contributed by atoms with Crippen LogP contribution >= 0.6 is 0 Å². The number of ether oxygens (including phenoxy) is 1. The van der Waals surface area contributed by atoms with Crippen LogP contribution in [0, 0.1) is 19.8 Å². The number of anilines is 1. The van der Waals surface area contributed by atoms with Crippen LogP contribution < -0.4 is 5.32 Å². The van der Waals surface area contributed by atoms with Gasteiger partial charge in [-0.15, -0.1) is 0 Å². The lowest BCUT2D eigenvalue weighted by molar-refractivity contribution is -0.142. The van der Waals surface area contributed by atoms with Gasteiger partial charge in [0.1, 0.15) is 0 Å². The molecule has 2 N–H and O–H groups in total. The Balaban J connectivity index is 2.11. The number of carboxylic acid groups (broad SMARTS) is 1. The topological polar surface area (TPSA) is 75.6 Å². The van der Waals surface area contributed by atoms with E-state index in [1.807, 2.05) is 32.0 Å². The number of carboxylic acids is 1. The third kappa shape index (κ3) is 4.29. The van der Waals surface area contributed by atoms with E-state index >= 15 is 0 Å². The lowest BCUT2D eigenvalue weighted by Crippen LogP contribution is -2.34. The van der Waals surface area contributed by atoms with Gasteiger partial charge in [-0.25, -0.2) is 0 Å². The standard InChI is InChI=1S/C16H21NO4/c1-10-6-11(2)8-12(7-10)17-16(20)13(9-15(18)19)14-4-3-5-21-14/h6-8,13-14H,3-5,9H2,1-2H3,(H,17,20)(H,18,19)/t13-,14-/m1/s1. The zero-order valence-corrected chi connectivity index (χ0v) is 12.4. The maximum atomic E-state index is 12.4. The zero-order valence-electron chi connectivity index (χ0n) is 12.4. The van der Waals surface area contributed by atoms with Gasteiger partial charge in [-0.2, -0.15) is 0 Å². The van der Waals surface area contributed by atoms with Crippen molar-refractivity contribution in [3.8, 4) is 0 Å². The van der Waals surface area contributed by atoms with Crippen molar-refractivity contribution in [3.63, 3.8) is 0 Å². The smallest absolute Gasteiger partial charge is 0.304 e. The van der Waals surface area contributed by atoms with Gasteiger partial charge in [-0.1, -0.05) is 6.07 Å². The Morgan fingerprint density at radius 2 is 2.00 bits per heavy atom. The highest BCUT2D eigenvalue weighted by molar-refractivity contribution is 5.95. The van der Waals surface area contributed by atoms with Crippen molar-refractivity contribution in [2.24, 2.45) is 5.92 Å². The molecule has 0 aromatic heterocycles. The van der Waals surface area contributed by atoms with Crippen LogP contribution in [0.15, 0.2) is 18.2 Å². The molecule has 2 rings (SSSR count). The predicted octanol–water partition coefficient (Wildman–Crippen LogP) is 2.51. The van der Waals surface area contributed by atoms with Crippen LogP contribution in [0.25, 0.3) is 0 Å². The molecule has 1 aliphatic rings. The Bertz CT molecular complexity index is 515. The van der Waals surface area contributed by atoms with E-state index in [2.05, 4.69) is 5.32 Å². The van der Waals surface area contributed by atoms with Crippen molar-refractivity contribution in [1.29, 1.82) is 0 Å². The molecule has 0 saturated carbocycles. The second-order valence-corrected chi connectivity index (χ2v) is 5.62. The average Bonchev–Trinajstić information content (AvgIpc) is 2.87. The van der Waals surface area contributed by atoms with E-state index in [9.17, 15) is 9.59 Å². The summed E-state index contributed by atoms with van der Waals surface area (Å²) >= 11 is 0. The van der Waals surface area contributed by atoms with E-state index in [1.54, 1.807) is 0 Å². The third-order valence-electron chi connectivity index (χ3n) is 3.63. The molecule has 0 aliphatic carbocycles. The number of benzene rings is 1. The van der Waals surface area contributed by atoms with Gasteiger partial charge in [0.2, 0.25) is 5.91 Å². The number of aryl methyl sites for hydroxylation is 2. The molecule has 1 aliphatic heterocycles. The summed E-state index contributed by atoms with van der Waals surface area (Å²) in [5.41, 5.74) is 2.81. The number of carbonyl (C=O) groups is 2. The van der Waals surface area contributed by atoms with E-state index in [0.717, 1.165) is 24.0 Å². The average molecular weight is 291 g/mol. The van der Waals surface area contributed by atoms with Crippen LogP contribution in [0.2, 0.25) is 0 Å². The first-order valence-corrected chi connectivity index (χ1v) is 7.18. The van der Waals surface area contributed by atoms with Gasteiger partial charge in [0.15, 0.2) is 0 Å². The van der Waals surface area contributed by atoms with Crippen molar-refractivity contribution in [2.45, 2.75) is 39.2 Å². The molecule has 1 aromatic carbocycles. The number of hydrogen-bond acceptors (Lipinski definition) is 3. The molecule has 0 spiro atoms. The van der Waals surface area contributed by atoms with Gasteiger partial charge < -0.3 is 15.2 Å². The summed E-state index contributed by atoms with van der Waals surface area (Å²) in [7, 11) is 0. The van der Waals surface area contributed by atoms with E-state index in [0.29, 0.717) is 12.3 Å². The SMILES string of the molecule is Cc1cc(C)cc(NC(=O)[C@H](CC(=O)O)[C@H]2CCCO2)c1. The molecule has 0 radical (unpaired) electrons. The monoisotopic (exact) mass is 291 g/mol. The predicted molar refractivity (Wildman–Crippen MR) is 79.3 cm³/mol. The number of nitrogens with one attached hydrogen (secondary N) is 1. The molecular weight excluding hydrogens is 270 g/mol. The molecule has 5 nitrogen and oxygen atoms in total. The third-order valence-corrected chi connectivity index (χ3v) is 3.63. The second-order valence-electron chi connectivity index (χ2n) is 5.62. The maximum Gasteiger partial charge on any atom is 0.304 e. The number of hydrogen-bond donors (Lipinski definition) is 2. The molecule has 1 fully saturated rings. The molecule has 5 heteroatoms. The van der Waals surface area contributed by atoms with Crippen molar-refractivity contribution in [3.05, 3.63) is 29.3 Å². The molecule has 1 saturated heterocycles. The van der Waals surface area contributed by atoms with Gasteiger partial charge in [-0.3, -0.25) is 9.59 Å². The molecule has 2 atom stereocenters. The lowest BCUT2D eigenvalue weighted by Gasteiger charge is -2.21. The second kappa shape index (κ2) is 6.72. The van der Waals surface area contributed by atoms with Crippen molar-refractivity contribution >= 4 is 17.6 Å². The summed E-state index contributed by atoms with van der Waals surface area (Å²) < 4.78 is 5.50. The Morgan fingerprint density at radius 1 is 1.33 bits per heavy atom. The highest BCUT2D eigenvalue weighted by atomic mass is 16.5. The summed E-state index contributed by atoms with van der Waals surface area (Å²) in [5.74, 6) is -1.91. The van der Waals surface area contributed by atoms with E-state index < -0.39 is 11.9 Å². The molecule has 0 bridgehead atoms. The van der Waals surface area contributed by atoms with Crippen LogP contribution in [0.1, 0.15) is 30.4 Å². The first-order chi connectivity index (χ1) is 9.95. The summed E-state index contributed by atoms with van der Waals surface area (Å²) in [6, 6.07) is 5.76. The van der Waals surface area contributed by atoms with Gasteiger partial charge in [0, 0.05) is 12.3 Å². The lowest BCUT2D eigenvalue weighted by atomic mass is 9.95. The van der Waals surface area contributed by atoms with Crippen LogP contribution in [0.5, 0.6) is 0 Å². The van der Waals surface area contributed by atoms with Crippen LogP contribution in [-0.4, -0.2) is 29.7 Å². The van der Waals surface area contributed by atoms with Crippen LogP contribution in [-0.2, 0) is 14.3 Å². The van der Waals surface area contributed by atoms with Crippen LogP contribution in [0.4, 0.5) is 5.69 Å². The first-order valence-electron chi connectivity index (χ1n) is 7.18. The Kier molecular flexibility index (Phi) is 4.96. The molecule has 21 heavy (non-hydrogen) atoms. The fourth-order valence-corrected chi connectivity index (χ4v) is 2.78. The van der Waals surface area contributed by atoms with Gasteiger partial charge >= 0.3 is 5.97 Å². The normalized spacial score (nSPS) is 19.2.